The van der Waals surface area contributed by atoms with Crippen molar-refractivity contribution in [1.29, 1.82) is 0 Å². The van der Waals surface area contributed by atoms with Crippen LogP contribution >= 0.6 is 0 Å². The number of β-amino-alcohol motifs (C(OH)–C–C–N with tert-alkyl or cyclic N) is 2. The highest BCUT2D eigenvalue weighted by atomic mass is 16.3. The van der Waals surface area contributed by atoms with Crippen molar-refractivity contribution in [3.63, 3.8) is 0 Å². The second-order valence-electron chi connectivity index (χ2n) is 9.04. The number of benzene rings is 2. The SMILES string of the molecule is O=C1c2ccccc2C(=O)c2c(N3CC(O)C3)ccc(NC[C@H](O)CN3CCCCC3)c21. The van der Waals surface area contributed by atoms with Crippen LogP contribution < -0.4 is 10.2 Å². The molecule has 0 spiro atoms. The zero-order chi connectivity index (χ0) is 22.2. The number of hydrogen-bond donors (Lipinski definition) is 3. The largest absolute Gasteiger partial charge is 0.390 e. The standard InChI is InChI=1S/C25H29N3O4/c29-16(13-27-10-4-1-5-11-27)12-26-20-8-9-21(28-14-17(30)15-28)23-22(20)24(31)18-6-2-3-7-19(18)25(23)32/h2-3,6-9,16-17,26,29-30H,1,4-5,10-15H2/t16-/m0/s1. The van der Waals surface area contributed by atoms with Crippen molar-refractivity contribution in [1.82, 2.24) is 4.90 Å². The number of aliphatic hydroxyl groups excluding tert-OH is 2. The van der Waals surface area contributed by atoms with Gasteiger partial charge in [0, 0.05) is 48.7 Å². The summed E-state index contributed by atoms with van der Waals surface area (Å²) in [7, 11) is 0. The smallest absolute Gasteiger partial charge is 0.196 e. The molecule has 0 radical (unpaired) electrons. The predicted molar refractivity (Wildman–Crippen MR) is 123 cm³/mol. The summed E-state index contributed by atoms with van der Waals surface area (Å²) >= 11 is 0. The lowest BCUT2D eigenvalue weighted by Gasteiger charge is -2.40. The van der Waals surface area contributed by atoms with Crippen LogP contribution in [0.2, 0.25) is 0 Å². The molecule has 7 nitrogen and oxygen atoms in total. The van der Waals surface area contributed by atoms with Crippen molar-refractivity contribution in [2.45, 2.75) is 31.5 Å². The van der Waals surface area contributed by atoms with Crippen LogP contribution in [0.5, 0.6) is 0 Å². The minimum atomic E-state index is -0.573. The molecule has 32 heavy (non-hydrogen) atoms. The van der Waals surface area contributed by atoms with Crippen LogP contribution in [0.4, 0.5) is 11.4 Å². The maximum absolute atomic E-state index is 13.5. The fraction of sp³-hybridized carbons (Fsp3) is 0.440. The second kappa shape index (κ2) is 8.65. The number of carbonyl (C=O) groups excluding carboxylic acids is 2. The fourth-order valence-corrected chi connectivity index (χ4v) is 5.00. The number of fused-ring (bicyclic) bond motifs is 2. The first-order valence-corrected chi connectivity index (χ1v) is 11.5. The number of carbonyl (C=O) groups is 2. The van der Waals surface area contributed by atoms with Crippen LogP contribution in [-0.4, -0.2) is 78.2 Å². The molecule has 0 bridgehead atoms. The third kappa shape index (κ3) is 3.81. The molecule has 1 aliphatic carbocycles. The van der Waals surface area contributed by atoms with Crippen molar-refractivity contribution in [2.24, 2.45) is 0 Å². The highest BCUT2D eigenvalue weighted by molar-refractivity contribution is 6.32. The van der Waals surface area contributed by atoms with E-state index < -0.39 is 12.2 Å². The van der Waals surface area contributed by atoms with Gasteiger partial charge in [0.25, 0.3) is 0 Å². The number of anilines is 2. The normalized spacial score (nSPS) is 19.9. The molecule has 2 heterocycles. The molecule has 3 aliphatic rings. The van der Waals surface area contributed by atoms with Gasteiger partial charge in [-0.3, -0.25) is 9.59 Å². The van der Waals surface area contributed by atoms with E-state index in [-0.39, 0.29) is 11.6 Å². The minimum absolute atomic E-state index is 0.177. The van der Waals surface area contributed by atoms with E-state index in [0.29, 0.717) is 59.8 Å². The molecule has 3 N–H and O–H groups in total. The van der Waals surface area contributed by atoms with Gasteiger partial charge in [0.15, 0.2) is 11.6 Å². The molecule has 0 amide bonds. The van der Waals surface area contributed by atoms with Gasteiger partial charge in [0.2, 0.25) is 0 Å². The monoisotopic (exact) mass is 435 g/mol. The molecular formula is C25H29N3O4. The molecule has 1 atom stereocenters. The lowest BCUT2D eigenvalue weighted by atomic mass is 9.81. The van der Waals surface area contributed by atoms with Crippen LogP contribution in [0.25, 0.3) is 0 Å². The van der Waals surface area contributed by atoms with Crippen molar-refractivity contribution in [3.8, 4) is 0 Å². The molecule has 168 valence electrons. The molecule has 2 saturated heterocycles. The molecule has 7 heteroatoms. The summed E-state index contributed by atoms with van der Waals surface area (Å²) in [6.45, 7) is 3.79. The highest BCUT2D eigenvalue weighted by Crippen LogP contribution is 2.39. The summed E-state index contributed by atoms with van der Waals surface area (Å²) in [4.78, 5) is 31.1. The van der Waals surface area contributed by atoms with Gasteiger partial charge >= 0.3 is 0 Å². The van der Waals surface area contributed by atoms with Crippen LogP contribution in [0.1, 0.15) is 51.1 Å². The van der Waals surface area contributed by atoms with Crippen molar-refractivity contribution in [2.75, 3.05) is 49.5 Å². The lowest BCUT2D eigenvalue weighted by molar-refractivity contribution is 0.0978. The van der Waals surface area contributed by atoms with E-state index in [9.17, 15) is 19.8 Å². The number of likely N-dealkylation sites (tertiary alicyclic amines) is 1. The van der Waals surface area contributed by atoms with E-state index in [0.717, 1.165) is 25.9 Å². The quantitative estimate of drug-likeness (QED) is 0.545. The Balaban J connectivity index is 1.44. The molecule has 2 fully saturated rings. The Morgan fingerprint density at radius 2 is 1.59 bits per heavy atom. The van der Waals surface area contributed by atoms with Gasteiger partial charge in [0.05, 0.1) is 23.3 Å². The average Bonchev–Trinajstić information content (AvgIpc) is 2.79. The summed E-state index contributed by atoms with van der Waals surface area (Å²) in [6.07, 6.45) is 2.58. The third-order valence-corrected chi connectivity index (χ3v) is 6.70. The van der Waals surface area contributed by atoms with Gasteiger partial charge < -0.3 is 25.3 Å². The third-order valence-electron chi connectivity index (χ3n) is 6.70. The van der Waals surface area contributed by atoms with Gasteiger partial charge in [-0.15, -0.1) is 0 Å². The summed E-state index contributed by atoms with van der Waals surface area (Å²) < 4.78 is 0. The first kappa shape index (κ1) is 21.1. The molecule has 0 aromatic heterocycles. The first-order valence-electron chi connectivity index (χ1n) is 11.5. The van der Waals surface area contributed by atoms with Gasteiger partial charge in [0.1, 0.15) is 0 Å². The van der Waals surface area contributed by atoms with E-state index in [1.165, 1.54) is 6.42 Å². The Bertz CT molecular complexity index is 1040. The van der Waals surface area contributed by atoms with Gasteiger partial charge in [-0.1, -0.05) is 30.7 Å². The molecule has 5 rings (SSSR count). The number of hydrogen-bond acceptors (Lipinski definition) is 7. The van der Waals surface area contributed by atoms with Crippen molar-refractivity contribution < 1.29 is 19.8 Å². The Hall–Kier alpha value is -2.74. The van der Waals surface area contributed by atoms with Gasteiger partial charge in [-0.25, -0.2) is 0 Å². The molecule has 0 unspecified atom stereocenters. The number of ketones is 2. The molecular weight excluding hydrogens is 406 g/mol. The number of aliphatic hydroxyl groups is 2. The van der Waals surface area contributed by atoms with Crippen molar-refractivity contribution in [3.05, 3.63) is 58.7 Å². The zero-order valence-electron chi connectivity index (χ0n) is 18.1. The Labute approximate surface area is 187 Å². The van der Waals surface area contributed by atoms with Gasteiger partial charge in [-0.2, -0.15) is 0 Å². The maximum Gasteiger partial charge on any atom is 0.196 e. The number of nitrogens with one attached hydrogen (secondary N) is 1. The Kier molecular flexibility index (Phi) is 5.71. The summed E-state index contributed by atoms with van der Waals surface area (Å²) in [5.41, 5.74) is 2.80. The molecule has 2 aliphatic heterocycles. The van der Waals surface area contributed by atoms with E-state index in [2.05, 4.69) is 10.2 Å². The van der Waals surface area contributed by atoms with E-state index >= 15 is 0 Å². The maximum atomic E-state index is 13.5. The number of nitrogens with zero attached hydrogens (tertiary/aromatic N) is 2. The minimum Gasteiger partial charge on any atom is -0.390 e. The predicted octanol–water partition coefficient (Wildman–Crippen LogP) is 1.90. The topological polar surface area (TPSA) is 93.1 Å². The summed E-state index contributed by atoms with van der Waals surface area (Å²) in [6, 6.07) is 10.6. The Morgan fingerprint density at radius 3 is 2.25 bits per heavy atom. The van der Waals surface area contributed by atoms with Crippen LogP contribution in [0, 0.1) is 0 Å². The fourth-order valence-electron chi connectivity index (χ4n) is 5.00. The second-order valence-corrected chi connectivity index (χ2v) is 9.04. The Morgan fingerprint density at radius 1 is 0.938 bits per heavy atom. The summed E-state index contributed by atoms with van der Waals surface area (Å²) in [5, 5.41) is 23.6. The van der Waals surface area contributed by atoms with Crippen LogP contribution in [0.3, 0.4) is 0 Å². The molecule has 2 aromatic rings. The highest BCUT2D eigenvalue weighted by Gasteiger charge is 2.37. The zero-order valence-corrected chi connectivity index (χ0v) is 18.1. The van der Waals surface area contributed by atoms with Gasteiger partial charge in [-0.05, 0) is 38.1 Å². The van der Waals surface area contributed by atoms with Crippen LogP contribution in [-0.2, 0) is 0 Å². The van der Waals surface area contributed by atoms with Crippen molar-refractivity contribution >= 4 is 22.9 Å². The first-order chi connectivity index (χ1) is 15.5. The number of rotatable bonds is 6. The molecule has 2 aromatic carbocycles. The lowest BCUT2D eigenvalue weighted by Crippen LogP contribution is -2.51. The van der Waals surface area contributed by atoms with Crippen LogP contribution in [0.15, 0.2) is 36.4 Å². The molecule has 0 saturated carbocycles. The van der Waals surface area contributed by atoms with E-state index in [1.807, 2.05) is 17.0 Å². The number of piperidine rings is 1. The summed E-state index contributed by atoms with van der Waals surface area (Å²) in [5.74, 6) is -0.366. The van der Waals surface area contributed by atoms with E-state index in [1.54, 1.807) is 24.3 Å². The average molecular weight is 436 g/mol. The van der Waals surface area contributed by atoms with E-state index in [4.69, 9.17) is 0 Å².